The van der Waals surface area contributed by atoms with E-state index < -0.39 is 16.4 Å². The predicted octanol–water partition coefficient (Wildman–Crippen LogP) is 0.623. The fourth-order valence-electron chi connectivity index (χ4n) is 1.02. The van der Waals surface area contributed by atoms with Gasteiger partial charge in [-0.1, -0.05) is 0 Å². The maximum Gasteiger partial charge on any atom is 0.208 e. The maximum absolute atomic E-state index is 10.0. The van der Waals surface area contributed by atoms with Crippen LogP contribution in [0.25, 0.3) is 0 Å². The van der Waals surface area contributed by atoms with Crippen LogP contribution in [0.2, 0.25) is 0 Å². The summed E-state index contributed by atoms with van der Waals surface area (Å²) in [6, 6.07) is 2.05. The highest BCUT2D eigenvalue weighted by atomic mass is 16.6. The minimum Gasteiger partial charge on any atom is -0.508 e. The van der Waals surface area contributed by atoms with E-state index in [0.29, 0.717) is 0 Å². The van der Waals surface area contributed by atoms with Gasteiger partial charge in [0.25, 0.3) is 0 Å². The van der Waals surface area contributed by atoms with Crippen molar-refractivity contribution in [2.45, 2.75) is 6.42 Å². The molecule has 0 aromatic heterocycles. The molecule has 0 aliphatic carbocycles. The molecule has 0 saturated carbocycles. The molecule has 14 heavy (non-hydrogen) atoms. The third kappa shape index (κ3) is 2.25. The zero-order valence-corrected chi connectivity index (χ0v) is 7.17. The number of hydrogen-bond acceptors (Lipinski definition) is 5. The Morgan fingerprint density at radius 1 is 1.14 bits per heavy atom. The number of nitrogens with zero attached hydrogens (tertiary/aromatic N) is 1. The van der Waals surface area contributed by atoms with Crippen LogP contribution < -0.4 is 0 Å². The van der Waals surface area contributed by atoms with E-state index in [2.05, 4.69) is 0 Å². The molecule has 1 aromatic rings. The number of hydrogen-bond donors (Lipinski definition) is 3. The lowest BCUT2D eigenvalue weighted by atomic mass is 10.1. The average Bonchev–Trinajstić information content (AvgIpc) is 2.09. The summed E-state index contributed by atoms with van der Waals surface area (Å²) < 4.78 is 0. The van der Waals surface area contributed by atoms with Crippen molar-refractivity contribution in [2.24, 2.45) is 0 Å². The molecule has 0 atom stereocenters. The second kappa shape index (κ2) is 3.82. The summed E-state index contributed by atoms with van der Waals surface area (Å²) >= 11 is 0. The number of phenolic OH excluding ortho intramolecular Hbond substituents is 3. The van der Waals surface area contributed by atoms with Crippen LogP contribution in [0.3, 0.4) is 0 Å². The van der Waals surface area contributed by atoms with Gasteiger partial charge in [-0.3, -0.25) is 10.1 Å². The SMILES string of the molecule is O=[N+]([O-])CCc1cc(O)c(O)cc1O. The molecule has 6 nitrogen and oxygen atoms in total. The maximum atomic E-state index is 10.0. The fourth-order valence-corrected chi connectivity index (χ4v) is 1.02. The highest BCUT2D eigenvalue weighted by Crippen LogP contribution is 2.32. The Labute approximate surface area is 79.2 Å². The summed E-state index contributed by atoms with van der Waals surface area (Å²) in [6.07, 6.45) is 0.00662. The lowest BCUT2D eigenvalue weighted by Gasteiger charge is -2.04. The summed E-state index contributed by atoms with van der Waals surface area (Å²) in [4.78, 5) is 9.52. The minimum atomic E-state index is -0.524. The number of nitro groups is 1. The molecule has 1 rings (SSSR count). The lowest BCUT2D eigenvalue weighted by molar-refractivity contribution is -0.479. The Kier molecular flexibility index (Phi) is 2.76. The number of aromatic hydroxyl groups is 3. The van der Waals surface area contributed by atoms with Gasteiger partial charge >= 0.3 is 0 Å². The molecule has 0 bridgehead atoms. The van der Waals surface area contributed by atoms with Crippen LogP contribution in [-0.2, 0) is 6.42 Å². The van der Waals surface area contributed by atoms with Crippen LogP contribution in [-0.4, -0.2) is 26.8 Å². The predicted molar refractivity (Wildman–Crippen MR) is 47.0 cm³/mol. The van der Waals surface area contributed by atoms with Crippen LogP contribution in [0.5, 0.6) is 17.2 Å². The summed E-state index contributed by atoms with van der Waals surface area (Å²) in [6.45, 7) is -0.336. The molecular weight excluding hydrogens is 190 g/mol. The monoisotopic (exact) mass is 199 g/mol. The summed E-state index contributed by atoms with van der Waals surface area (Å²) in [5.41, 5.74) is 0.233. The van der Waals surface area contributed by atoms with E-state index in [9.17, 15) is 15.2 Å². The molecule has 3 N–H and O–H groups in total. The molecule has 0 amide bonds. The van der Waals surface area contributed by atoms with Crippen molar-refractivity contribution in [1.82, 2.24) is 0 Å². The van der Waals surface area contributed by atoms with Crippen molar-refractivity contribution in [2.75, 3.05) is 6.54 Å². The topological polar surface area (TPSA) is 104 Å². The third-order valence-electron chi connectivity index (χ3n) is 1.74. The van der Waals surface area contributed by atoms with Crippen molar-refractivity contribution in [1.29, 1.82) is 0 Å². The quantitative estimate of drug-likeness (QED) is 0.286. The molecular formula is C8H9NO5. The lowest BCUT2D eigenvalue weighted by Crippen LogP contribution is -2.03. The standard InChI is InChI=1S/C8H9NO5/c10-6-4-8(12)7(11)3-5(6)1-2-9(13)14/h3-4,10-12H,1-2H2. The van der Waals surface area contributed by atoms with Gasteiger partial charge in [-0.05, 0) is 6.07 Å². The highest BCUT2D eigenvalue weighted by Gasteiger charge is 2.09. The van der Waals surface area contributed by atoms with E-state index in [1.807, 2.05) is 0 Å². The first kappa shape index (κ1) is 10.1. The Hall–Kier alpha value is -1.98. The van der Waals surface area contributed by atoms with E-state index in [1.54, 1.807) is 0 Å². The van der Waals surface area contributed by atoms with Crippen molar-refractivity contribution in [3.05, 3.63) is 27.8 Å². The normalized spacial score (nSPS) is 10.0. The molecule has 0 saturated heterocycles. The largest absolute Gasteiger partial charge is 0.508 e. The summed E-state index contributed by atoms with van der Waals surface area (Å²) in [7, 11) is 0. The van der Waals surface area contributed by atoms with Crippen molar-refractivity contribution < 1.29 is 20.2 Å². The smallest absolute Gasteiger partial charge is 0.208 e. The van der Waals surface area contributed by atoms with Gasteiger partial charge < -0.3 is 15.3 Å². The molecule has 0 aliphatic heterocycles. The third-order valence-corrected chi connectivity index (χ3v) is 1.74. The van der Waals surface area contributed by atoms with E-state index in [4.69, 9.17) is 10.2 Å². The van der Waals surface area contributed by atoms with Crippen molar-refractivity contribution in [3.8, 4) is 17.2 Å². The second-order valence-corrected chi connectivity index (χ2v) is 2.78. The number of phenols is 3. The van der Waals surface area contributed by atoms with Crippen LogP contribution in [0.4, 0.5) is 0 Å². The van der Waals surface area contributed by atoms with Crippen LogP contribution in [0, 0.1) is 10.1 Å². The molecule has 0 unspecified atom stereocenters. The van der Waals surface area contributed by atoms with Gasteiger partial charge in [-0.15, -0.1) is 0 Å². The average molecular weight is 199 g/mol. The first-order valence-electron chi connectivity index (χ1n) is 3.86. The van der Waals surface area contributed by atoms with E-state index in [1.165, 1.54) is 0 Å². The molecule has 0 spiro atoms. The van der Waals surface area contributed by atoms with Crippen LogP contribution in [0.15, 0.2) is 12.1 Å². The second-order valence-electron chi connectivity index (χ2n) is 2.78. The van der Waals surface area contributed by atoms with Gasteiger partial charge in [0.15, 0.2) is 11.5 Å². The Balaban J connectivity index is 2.87. The first-order valence-corrected chi connectivity index (χ1v) is 3.86. The molecule has 76 valence electrons. The number of rotatable bonds is 3. The van der Waals surface area contributed by atoms with Crippen molar-refractivity contribution in [3.63, 3.8) is 0 Å². The Morgan fingerprint density at radius 2 is 1.71 bits per heavy atom. The zero-order chi connectivity index (χ0) is 10.7. The highest BCUT2D eigenvalue weighted by molar-refractivity contribution is 5.48. The van der Waals surface area contributed by atoms with Gasteiger partial charge in [-0.2, -0.15) is 0 Å². The zero-order valence-electron chi connectivity index (χ0n) is 7.17. The Morgan fingerprint density at radius 3 is 2.29 bits per heavy atom. The van der Waals surface area contributed by atoms with Crippen LogP contribution >= 0.6 is 0 Å². The van der Waals surface area contributed by atoms with E-state index in [0.717, 1.165) is 12.1 Å². The Bertz CT molecular complexity index is 363. The molecule has 0 aliphatic rings. The molecule has 0 radical (unpaired) electrons. The van der Waals surface area contributed by atoms with Gasteiger partial charge in [0.2, 0.25) is 6.54 Å². The van der Waals surface area contributed by atoms with Gasteiger partial charge in [0.05, 0.1) is 0 Å². The molecule has 1 aromatic carbocycles. The van der Waals surface area contributed by atoms with Gasteiger partial charge in [0, 0.05) is 23.0 Å². The van der Waals surface area contributed by atoms with Gasteiger partial charge in [-0.25, -0.2) is 0 Å². The van der Waals surface area contributed by atoms with Gasteiger partial charge in [0.1, 0.15) is 5.75 Å². The first-order chi connectivity index (χ1) is 6.50. The van der Waals surface area contributed by atoms with Crippen molar-refractivity contribution >= 4 is 0 Å². The van der Waals surface area contributed by atoms with Crippen LogP contribution in [0.1, 0.15) is 5.56 Å². The fraction of sp³-hybridized carbons (Fsp3) is 0.250. The molecule has 0 heterocycles. The van der Waals surface area contributed by atoms with E-state index in [-0.39, 0.29) is 24.3 Å². The molecule has 0 fully saturated rings. The van der Waals surface area contributed by atoms with E-state index >= 15 is 0 Å². The summed E-state index contributed by atoms with van der Waals surface area (Å²) in [5.74, 6) is -1.12. The summed E-state index contributed by atoms with van der Waals surface area (Å²) in [5, 5.41) is 37.3. The number of benzene rings is 1. The minimum absolute atomic E-state index is 0.00662. The molecule has 6 heteroatoms.